The predicted molar refractivity (Wildman–Crippen MR) is 51.0 cm³/mol. The first-order chi connectivity index (χ1) is 5.20. The summed E-state index contributed by atoms with van der Waals surface area (Å²) in [5.74, 6) is 1.57. The number of hydrogen-bond donors (Lipinski definition) is 0. The van der Waals surface area contributed by atoms with Crippen molar-refractivity contribution >= 4 is 27.5 Å². The van der Waals surface area contributed by atoms with Gasteiger partial charge in [-0.3, -0.25) is 0 Å². The Kier molecular flexibility index (Phi) is 5.51. The van der Waals surface area contributed by atoms with Gasteiger partial charge in [0.2, 0.25) is 0 Å². The fourth-order valence-electron chi connectivity index (χ4n) is 0.608. The molecule has 1 rings (SSSR count). The minimum atomic E-state index is -0.239. The molecule has 0 atom stereocenters. The second-order valence-corrected chi connectivity index (χ2v) is 2.30. The van der Waals surface area contributed by atoms with Gasteiger partial charge in [-0.15, -0.1) is 0 Å². The molecule has 0 saturated carbocycles. The maximum Gasteiger partial charge on any atom is 0.123 e. The molecule has 0 radical (unpaired) electrons. The van der Waals surface area contributed by atoms with Gasteiger partial charge in [0.25, 0.3) is 0 Å². The van der Waals surface area contributed by atoms with Crippen LogP contribution in [0.3, 0.4) is 0 Å². The van der Waals surface area contributed by atoms with E-state index in [0.29, 0.717) is 5.02 Å². The Labute approximate surface area is 79.5 Å². The van der Waals surface area contributed by atoms with Gasteiger partial charge in [-0.1, -0.05) is 27.5 Å². The van der Waals surface area contributed by atoms with Crippen molar-refractivity contribution in [2.75, 3.05) is 5.83 Å². The van der Waals surface area contributed by atoms with E-state index < -0.39 is 0 Å². The molecule has 0 heterocycles. The smallest absolute Gasteiger partial charge is 0.123 e. The minimum Gasteiger partial charge on any atom is -0.207 e. The Morgan fingerprint density at radius 2 is 1.91 bits per heavy atom. The summed E-state index contributed by atoms with van der Waals surface area (Å²) < 4.78 is 12.3. The van der Waals surface area contributed by atoms with Gasteiger partial charge in [0.1, 0.15) is 5.82 Å². The first-order valence-corrected chi connectivity index (χ1v) is 4.96. The predicted octanol–water partition coefficient (Wildman–Crippen LogP) is 3.80. The number of rotatable bonds is 0. The van der Waals surface area contributed by atoms with Crippen LogP contribution in [0.5, 0.6) is 0 Å². The van der Waals surface area contributed by atoms with E-state index in [0.717, 1.165) is 5.56 Å². The molecule has 62 valence electrons. The van der Waals surface area contributed by atoms with Crippen LogP contribution in [-0.2, 0) is 0 Å². The topological polar surface area (TPSA) is 0 Å². The van der Waals surface area contributed by atoms with Crippen LogP contribution < -0.4 is 0 Å². The monoisotopic (exact) mass is 238 g/mol. The number of benzene rings is 1. The molecule has 0 unspecified atom stereocenters. The fraction of sp³-hybridized carbons (Fsp3) is 0.250. The van der Waals surface area contributed by atoms with Gasteiger partial charge in [0.15, 0.2) is 0 Å². The zero-order chi connectivity index (χ0) is 8.85. The lowest BCUT2D eigenvalue weighted by atomic mass is 10.2. The quantitative estimate of drug-likeness (QED) is 0.604. The highest BCUT2D eigenvalue weighted by Crippen LogP contribution is 2.14. The third-order valence-corrected chi connectivity index (χ3v) is 1.54. The zero-order valence-corrected chi connectivity index (χ0v) is 8.71. The lowest BCUT2D eigenvalue weighted by Crippen LogP contribution is -1.76. The molecule has 1 aromatic carbocycles. The van der Waals surface area contributed by atoms with Crippen molar-refractivity contribution in [2.24, 2.45) is 0 Å². The van der Waals surface area contributed by atoms with Crippen LogP contribution in [0, 0.1) is 12.7 Å². The summed E-state index contributed by atoms with van der Waals surface area (Å²) >= 11 is 8.55. The molecule has 0 aliphatic rings. The summed E-state index contributed by atoms with van der Waals surface area (Å²) in [5.41, 5.74) is 0.775. The van der Waals surface area contributed by atoms with Gasteiger partial charge < -0.3 is 0 Å². The molecule has 0 fully saturated rings. The molecule has 0 aromatic heterocycles. The summed E-state index contributed by atoms with van der Waals surface area (Å²) in [5, 5.41) is 0.608. The van der Waals surface area contributed by atoms with E-state index in [1.807, 2.05) is 5.83 Å². The Morgan fingerprint density at radius 3 is 2.27 bits per heavy atom. The van der Waals surface area contributed by atoms with Gasteiger partial charge in [-0.2, -0.15) is 0 Å². The van der Waals surface area contributed by atoms with Gasteiger partial charge >= 0.3 is 0 Å². The second-order valence-electron chi connectivity index (χ2n) is 1.89. The fourth-order valence-corrected chi connectivity index (χ4v) is 0.726. The van der Waals surface area contributed by atoms with Crippen molar-refractivity contribution < 1.29 is 4.39 Å². The van der Waals surface area contributed by atoms with E-state index in [-0.39, 0.29) is 5.82 Å². The highest BCUT2D eigenvalue weighted by atomic mass is 79.9. The van der Waals surface area contributed by atoms with Crippen LogP contribution in [0.4, 0.5) is 4.39 Å². The first-order valence-electron chi connectivity index (χ1n) is 2.99. The molecule has 0 bridgehead atoms. The highest BCUT2D eigenvalue weighted by molar-refractivity contribution is 9.08. The standard InChI is InChI=1S/C7H6ClF.CH3Br/c1-5-4-6(9)2-3-7(5)8;1-2/h2-4H,1H3;1H3. The van der Waals surface area contributed by atoms with Crippen LogP contribution >= 0.6 is 27.5 Å². The average molecular weight is 240 g/mol. The normalized spacial score (nSPS) is 8.45. The Bertz CT molecular complexity index is 225. The molecule has 1 aromatic rings. The largest absolute Gasteiger partial charge is 0.207 e. The molecule has 0 spiro atoms. The maximum absolute atomic E-state index is 12.3. The van der Waals surface area contributed by atoms with Crippen molar-refractivity contribution in [3.8, 4) is 0 Å². The van der Waals surface area contributed by atoms with Crippen LogP contribution in [-0.4, -0.2) is 5.83 Å². The van der Waals surface area contributed by atoms with Crippen molar-refractivity contribution in [1.82, 2.24) is 0 Å². The van der Waals surface area contributed by atoms with Gasteiger partial charge in [0.05, 0.1) is 0 Å². The molecular formula is C8H9BrClF. The van der Waals surface area contributed by atoms with E-state index in [2.05, 4.69) is 15.9 Å². The molecule has 0 aliphatic heterocycles. The van der Waals surface area contributed by atoms with Crippen LogP contribution in [0.1, 0.15) is 5.56 Å². The van der Waals surface area contributed by atoms with Gasteiger partial charge in [-0.25, -0.2) is 4.39 Å². The number of halogens is 3. The van der Waals surface area contributed by atoms with E-state index in [1.165, 1.54) is 12.1 Å². The molecule has 0 aliphatic carbocycles. The molecule has 0 amide bonds. The van der Waals surface area contributed by atoms with E-state index >= 15 is 0 Å². The number of hydrogen-bond acceptors (Lipinski definition) is 0. The average Bonchev–Trinajstić information content (AvgIpc) is 2.02. The van der Waals surface area contributed by atoms with E-state index in [4.69, 9.17) is 11.6 Å². The van der Waals surface area contributed by atoms with Crippen molar-refractivity contribution in [1.29, 1.82) is 0 Å². The Morgan fingerprint density at radius 1 is 1.36 bits per heavy atom. The van der Waals surface area contributed by atoms with Gasteiger partial charge in [-0.05, 0) is 36.5 Å². The minimum absolute atomic E-state index is 0.239. The zero-order valence-electron chi connectivity index (χ0n) is 6.37. The maximum atomic E-state index is 12.3. The van der Waals surface area contributed by atoms with Crippen molar-refractivity contribution in [2.45, 2.75) is 6.92 Å². The summed E-state index contributed by atoms with van der Waals surface area (Å²) in [6, 6.07) is 4.30. The number of alkyl halides is 1. The summed E-state index contributed by atoms with van der Waals surface area (Å²) in [6.45, 7) is 1.77. The molecule has 0 saturated heterocycles. The van der Waals surface area contributed by atoms with Crippen molar-refractivity contribution in [3.63, 3.8) is 0 Å². The Balaban J connectivity index is 0.000000461. The van der Waals surface area contributed by atoms with Crippen LogP contribution in [0.15, 0.2) is 18.2 Å². The molecule has 0 nitrogen and oxygen atoms in total. The Hall–Kier alpha value is -0.0800. The van der Waals surface area contributed by atoms with Crippen LogP contribution in [0.2, 0.25) is 5.02 Å². The molecule has 0 N–H and O–H groups in total. The lowest BCUT2D eigenvalue weighted by molar-refractivity contribution is 0.626. The highest BCUT2D eigenvalue weighted by Gasteiger charge is 1.93. The lowest BCUT2D eigenvalue weighted by Gasteiger charge is -1.93. The number of aryl methyl sites for hydroxylation is 1. The second kappa shape index (κ2) is 5.56. The van der Waals surface area contributed by atoms with E-state index in [1.54, 1.807) is 13.0 Å². The van der Waals surface area contributed by atoms with Crippen LogP contribution in [0.25, 0.3) is 0 Å². The van der Waals surface area contributed by atoms with Crippen molar-refractivity contribution in [3.05, 3.63) is 34.6 Å². The van der Waals surface area contributed by atoms with E-state index in [9.17, 15) is 4.39 Å². The molecule has 11 heavy (non-hydrogen) atoms. The summed E-state index contributed by atoms with van der Waals surface area (Å²) in [7, 11) is 0. The summed E-state index contributed by atoms with van der Waals surface area (Å²) in [6.07, 6.45) is 0. The molecule has 3 heteroatoms. The SMILES string of the molecule is CBr.Cc1cc(F)ccc1Cl. The first kappa shape index (κ1) is 10.9. The third kappa shape index (κ3) is 3.73. The summed E-state index contributed by atoms with van der Waals surface area (Å²) in [4.78, 5) is 0. The third-order valence-electron chi connectivity index (χ3n) is 1.12. The van der Waals surface area contributed by atoms with Gasteiger partial charge in [0, 0.05) is 5.02 Å². The molecular weight excluding hydrogens is 230 g/mol.